The van der Waals surface area contributed by atoms with Gasteiger partial charge in [-0.3, -0.25) is 14.0 Å². The first kappa shape index (κ1) is 39.5. The number of carbonyl (C=O) groups excluding carboxylic acids is 2. The molecule has 13 nitrogen and oxygen atoms in total. The fourth-order valence-corrected chi connectivity index (χ4v) is 6.83. The lowest BCUT2D eigenvalue weighted by molar-refractivity contribution is -0.916. The molecule has 3 amide bonds. The number of rotatable bonds is 12. The number of aromatic nitrogens is 3. The van der Waals surface area contributed by atoms with Crippen molar-refractivity contribution in [3.8, 4) is 17.0 Å². The van der Waals surface area contributed by atoms with Gasteiger partial charge in [0.15, 0.2) is 23.0 Å². The Labute approximate surface area is 319 Å². The van der Waals surface area contributed by atoms with Gasteiger partial charge in [-0.2, -0.15) is 13.2 Å². The molecule has 18 heteroatoms. The highest BCUT2D eigenvalue weighted by Gasteiger charge is 2.39. The lowest BCUT2D eigenvalue weighted by Gasteiger charge is -2.47. The maximum absolute atomic E-state index is 14.9. The summed E-state index contributed by atoms with van der Waals surface area (Å²) in [7, 11) is 2.15. The molecule has 2 aromatic heterocycles. The zero-order chi connectivity index (χ0) is 37.2. The Morgan fingerprint density at radius 3 is 2.47 bits per heavy atom. The molecular weight excluding hydrogens is 815 g/mol. The molecule has 6 rings (SSSR count). The van der Waals surface area contributed by atoms with Crippen LogP contribution in [0.2, 0.25) is 0 Å². The van der Waals surface area contributed by atoms with Crippen LogP contribution in [0.25, 0.3) is 16.9 Å². The number of nitrogens with one attached hydrogen (secondary N) is 2. The van der Waals surface area contributed by atoms with Crippen molar-refractivity contribution in [2.75, 3.05) is 64.7 Å². The third kappa shape index (κ3) is 8.75. The summed E-state index contributed by atoms with van der Waals surface area (Å²) in [4.78, 5) is 49.0. The number of benzene rings is 2. The number of aryl methyl sites for hydroxylation is 1. The van der Waals surface area contributed by atoms with Crippen molar-refractivity contribution < 1.29 is 70.2 Å². The van der Waals surface area contributed by atoms with Gasteiger partial charge in [0.05, 0.1) is 51.7 Å². The summed E-state index contributed by atoms with van der Waals surface area (Å²) in [6.07, 6.45) is 4.04. The van der Waals surface area contributed by atoms with E-state index in [1.165, 1.54) is 27.9 Å². The molecule has 4 heterocycles. The SMILES string of the molecule is CCc1cc(Nc2nccn3c(-c4ccc(OC(F)F)c(F)c4F)cnc23)ccc1C(=O)NCCC(=O)N1CC[N+](C)(CC2CN(C(=O)O)C2)CC1.[I-]. The predicted octanol–water partition coefficient (Wildman–Crippen LogP) is 1.60. The van der Waals surface area contributed by atoms with Crippen LogP contribution < -0.4 is 39.3 Å². The number of quaternary nitrogens is 1. The number of imidazole rings is 1. The standard InChI is InChI=1S/C35H38F4N8O5.HI/c1-3-22-16-23(43-31-32-42-17-26(46(32)11-10-40-31)25-6-7-27(52-34(38)39)30(37)29(25)36)4-5-24(22)33(49)41-9-8-28(48)44-12-14-47(2,15-13-44)20-21-18-45(19-21)35(50)51;/h4-7,10-11,16-17,21,34H,3,8-9,12-15,18-20H2,1-2H3,(H2-,40,41,43,49,50,51);1H. The second kappa shape index (κ2) is 16.5. The molecule has 2 saturated heterocycles. The second-order valence-corrected chi connectivity index (χ2v) is 13.3. The maximum Gasteiger partial charge on any atom is 0.407 e. The molecule has 0 aliphatic carbocycles. The molecule has 2 fully saturated rings. The molecule has 0 radical (unpaired) electrons. The molecule has 4 aromatic rings. The van der Waals surface area contributed by atoms with E-state index in [0.717, 1.165) is 41.8 Å². The van der Waals surface area contributed by atoms with Crippen LogP contribution in [0.15, 0.2) is 48.9 Å². The Hall–Kier alpha value is -4.72. The summed E-state index contributed by atoms with van der Waals surface area (Å²) < 4.78 is 60.8. The van der Waals surface area contributed by atoms with Gasteiger partial charge in [0.2, 0.25) is 11.7 Å². The minimum absolute atomic E-state index is 0. The number of piperazine rings is 1. The van der Waals surface area contributed by atoms with Crippen LogP contribution in [-0.4, -0.2) is 118 Å². The number of carbonyl (C=O) groups is 3. The van der Waals surface area contributed by atoms with Crippen LogP contribution in [0.3, 0.4) is 0 Å². The highest BCUT2D eigenvalue weighted by molar-refractivity contribution is 5.96. The fraction of sp³-hybridized carbons (Fsp3) is 0.400. The number of ether oxygens (including phenoxy) is 1. The van der Waals surface area contributed by atoms with Gasteiger partial charge >= 0.3 is 12.7 Å². The third-order valence-corrected chi connectivity index (χ3v) is 9.68. The van der Waals surface area contributed by atoms with Gasteiger partial charge in [0.25, 0.3) is 5.91 Å². The number of fused-ring (bicyclic) bond motifs is 1. The van der Waals surface area contributed by atoms with Crippen molar-refractivity contribution >= 4 is 35.1 Å². The number of amides is 3. The molecular formula is C35H39F4IN8O5. The van der Waals surface area contributed by atoms with Crippen LogP contribution >= 0.6 is 0 Å². The van der Waals surface area contributed by atoms with Crippen molar-refractivity contribution in [3.05, 3.63) is 71.7 Å². The fourth-order valence-electron chi connectivity index (χ4n) is 6.83. The van der Waals surface area contributed by atoms with Crippen LogP contribution in [-0.2, 0) is 11.2 Å². The molecule has 0 spiro atoms. The van der Waals surface area contributed by atoms with Gasteiger partial charge < -0.3 is 58.7 Å². The Balaban J connectivity index is 0.00000541. The molecule has 3 N–H and O–H groups in total. The van der Waals surface area contributed by atoms with Crippen LogP contribution in [0.1, 0.15) is 29.3 Å². The first-order valence-electron chi connectivity index (χ1n) is 16.9. The first-order chi connectivity index (χ1) is 24.9. The van der Waals surface area contributed by atoms with Crippen molar-refractivity contribution in [2.45, 2.75) is 26.4 Å². The number of hydrogen-bond acceptors (Lipinski definition) is 7. The lowest BCUT2D eigenvalue weighted by Crippen LogP contribution is -3.00. The molecule has 284 valence electrons. The van der Waals surface area contributed by atoms with Crippen molar-refractivity contribution in [1.29, 1.82) is 0 Å². The van der Waals surface area contributed by atoms with Crippen molar-refractivity contribution in [1.82, 2.24) is 29.5 Å². The quantitative estimate of drug-likeness (QED) is 0.111. The first-order valence-corrected chi connectivity index (χ1v) is 16.9. The second-order valence-electron chi connectivity index (χ2n) is 13.3. The van der Waals surface area contributed by atoms with Gasteiger partial charge in [0.1, 0.15) is 0 Å². The number of alkyl halides is 2. The smallest absolute Gasteiger partial charge is 0.407 e. The number of nitrogens with zero attached hydrogens (tertiary/aromatic N) is 6. The van der Waals surface area contributed by atoms with Gasteiger partial charge in [-0.05, 0) is 42.3 Å². The van der Waals surface area contributed by atoms with Crippen LogP contribution in [0, 0.1) is 17.6 Å². The van der Waals surface area contributed by atoms with Crippen molar-refractivity contribution in [2.24, 2.45) is 5.92 Å². The van der Waals surface area contributed by atoms with Gasteiger partial charge in [0, 0.05) is 61.2 Å². The third-order valence-electron chi connectivity index (χ3n) is 9.68. The molecule has 53 heavy (non-hydrogen) atoms. The largest absolute Gasteiger partial charge is 1.00 e. The summed E-state index contributed by atoms with van der Waals surface area (Å²) in [6.45, 7) is 3.57. The summed E-state index contributed by atoms with van der Waals surface area (Å²) in [5, 5.41) is 15.1. The summed E-state index contributed by atoms with van der Waals surface area (Å²) in [6, 6.07) is 7.19. The maximum atomic E-state index is 14.9. The number of anilines is 2. The Morgan fingerprint density at radius 1 is 1.06 bits per heavy atom. The highest BCUT2D eigenvalue weighted by atomic mass is 127. The van der Waals surface area contributed by atoms with Crippen LogP contribution in [0.4, 0.5) is 33.9 Å². The van der Waals surface area contributed by atoms with Gasteiger partial charge in [-0.15, -0.1) is 0 Å². The van der Waals surface area contributed by atoms with E-state index < -0.39 is 30.1 Å². The average molecular weight is 855 g/mol. The van der Waals surface area contributed by atoms with E-state index in [4.69, 9.17) is 5.11 Å². The van der Waals surface area contributed by atoms with Gasteiger partial charge in [-0.25, -0.2) is 19.2 Å². The summed E-state index contributed by atoms with van der Waals surface area (Å²) in [5.41, 5.74) is 1.99. The average Bonchev–Trinajstić information content (AvgIpc) is 3.53. The van der Waals surface area contributed by atoms with Crippen molar-refractivity contribution in [3.63, 3.8) is 0 Å². The molecule has 0 bridgehead atoms. The monoisotopic (exact) mass is 854 g/mol. The Bertz CT molecular complexity index is 1990. The zero-order valence-corrected chi connectivity index (χ0v) is 31.2. The molecule has 0 unspecified atom stereocenters. The lowest BCUT2D eigenvalue weighted by atomic mass is 9.98. The molecule has 2 aliphatic heterocycles. The normalized spacial score (nSPS) is 15.5. The van der Waals surface area contributed by atoms with E-state index in [-0.39, 0.29) is 71.5 Å². The molecule has 0 atom stereocenters. The van der Waals surface area contributed by atoms with E-state index in [2.05, 4.69) is 32.4 Å². The number of likely N-dealkylation sites (N-methyl/N-ethyl adjacent to an activating group) is 1. The van der Waals surface area contributed by atoms with E-state index in [1.807, 2.05) is 11.8 Å². The molecule has 0 saturated carbocycles. The van der Waals surface area contributed by atoms with Crippen LogP contribution in [0.5, 0.6) is 5.75 Å². The minimum Gasteiger partial charge on any atom is -1.00 e. The van der Waals surface area contributed by atoms with E-state index >= 15 is 0 Å². The predicted molar refractivity (Wildman–Crippen MR) is 181 cm³/mol. The summed E-state index contributed by atoms with van der Waals surface area (Å²) >= 11 is 0. The number of hydrogen-bond donors (Lipinski definition) is 3. The van der Waals surface area contributed by atoms with E-state index in [0.29, 0.717) is 49.8 Å². The van der Waals surface area contributed by atoms with E-state index in [1.54, 1.807) is 18.2 Å². The van der Waals surface area contributed by atoms with E-state index in [9.17, 15) is 31.9 Å². The number of halogens is 5. The molecule has 2 aromatic carbocycles. The van der Waals surface area contributed by atoms with Gasteiger partial charge in [-0.1, -0.05) is 6.92 Å². The zero-order valence-electron chi connectivity index (χ0n) is 29.0. The highest BCUT2D eigenvalue weighted by Crippen LogP contribution is 2.32. The Kier molecular flexibility index (Phi) is 12.3. The number of likely N-dealkylation sites (tertiary alicyclic amines) is 1. The Morgan fingerprint density at radius 2 is 1.79 bits per heavy atom. The topological polar surface area (TPSA) is 141 Å². The minimum atomic E-state index is -3.31. The molecule has 2 aliphatic rings. The summed E-state index contributed by atoms with van der Waals surface area (Å²) in [5.74, 6) is -3.55. The number of carboxylic acid groups (broad SMARTS) is 1.